The molecule has 0 spiro atoms. The number of rotatable bonds is 9. The number of carbonyl (C=O) groups excluding carboxylic acids is 2. The second kappa shape index (κ2) is 12.6. The highest BCUT2D eigenvalue weighted by molar-refractivity contribution is 9.10. The Hall–Kier alpha value is -4.09. The van der Waals surface area contributed by atoms with Gasteiger partial charge in [0.1, 0.15) is 11.8 Å². The highest BCUT2D eigenvalue weighted by atomic mass is 79.9. The van der Waals surface area contributed by atoms with Crippen molar-refractivity contribution < 1.29 is 19.1 Å². The molecule has 0 radical (unpaired) electrons. The van der Waals surface area contributed by atoms with Crippen LogP contribution in [-0.4, -0.2) is 40.4 Å². The molecule has 41 heavy (non-hydrogen) atoms. The van der Waals surface area contributed by atoms with Crippen molar-refractivity contribution in [2.75, 3.05) is 24.4 Å². The van der Waals surface area contributed by atoms with Crippen LogP contribution in [0.4, 0.5) is 11.6 Å². The zero-order valence-electron chi connectivity index (χ0n) is 22.7. The Labute approximate surface area is 250 Å². The predicted molar refractivity (Wildman–Crippen MR) is 162 cm³/mol. The smallest absolute Gasteiger partial charge is 0.338 e. The van der Waals surface area contributed by atoms with Crippen molar-refractivity contribution in [2.24, 2.45) is 0 Å². The molecule has 210 valence electrons. The van der Waals surface area contributed by atoms with Crippen LogP contribution in [0.15, 0.2) is 93.7 Å². The fourth-order valence-corrected chi connectivity index (χ4v) is 5.49. The van der Waals surface area contributed by atoms with Gasteiger partial charge < -0.3 is 20.1 Å². The first-order chi connectivity index (χ1) is 19.9. The Morgan fingerprint density at radius 2 is 1.85 bits per heavy atom. The van der Waals surface area contributed by atoms with Crippen molar-refractivity contribution in [3.63, 3.8) is 0 Å². The average Bonchev–Trinajstić information content (AvgIpc) is 3.38. The van der Waals surface area contributed by atoms with E-state index in [0.29, 0.717) is 46.0 Å². The van der Waals surface area contributed by atoms with Crippen molar-refractivity contribution in [3.8, 4) is 5.75 Å². The van der Waals surface area contributed by atoms with Crippen molar-refractivity contribution in [2.45, 2.75) is 30.8 Å². The molecular weight excluding hydrogens is 606 g/mol. The number of amides is 1. The van der Waals surface area contributed by atoms with Gasteiger partial charge >= 0.3 is 5.97 Å². The lowest BCUT2D eigenvalue weighted by molar-refractivity contribution is -0.113. The van der Waals surface area contributed by atoms with Gasteiger partial charge in [-0.05, 0) is 73.5 Å². The van der Waals surface area contributed by atoms with Crippen LogP contribution in [0.3, 0.4) is 0 Å². The number of thioether (sulfide) groups is 1. The largest absolute Gasteiger partial charge is 0.497 e. The van der Waals surface area contributed by atoms with Gasteiger partial charge in [0.15, 0.2) is 0 Å². The number of ether oxygens (including phenoxy) is 2. The lowest BCUT2D eigenvalue weighted by atomic mass is 9.95. The maximum Gasteiger partial charge on any atom is 0.338 e. The van der Waals surface area contributed by atoms with Gasteiger partial charge in [-0.15, -0.1) is 5.10 Å². The Bertz CT molecular complexity index is 1600. The molecule has 1 aromatic heterocycles. The lowest BCUT2D eigenvalue weighted by Gasteiger charge is -2.28. The summed E-state index contributed by atoms with van der Waals surface area (Å²) in [5, 5.41) is 11.6. The molecule has 0 saturated carbocycles. The second-order valence-corrected chi connectivity index (χ2v) is 11.0. The van der Waals surface area contributed by atoms with Gasteiger partial charge in [-0.25, -0.2) is 9.48 Å². The van der Waals surface area contributed by atoms with Gasteiger partial charge in [-0.3, -0.25) is 4.79 Å². The summed E-state index contributed by atoms with van der Waals surface area (Å²) in [4.78, 5) is 30.5. The molecule has 2 heterocycles. The molecule has 9 nitrogen and oxygen atoms in total. The summed E-state index contributed by atoms with van der Waals surface area (Å²) in [6.45, 7) is 3.90. The third kappa shape index (κ3) is 6.47. The van der Waals surface area contributed by atoms with Crippen molar-refractivity contribution in [3.05, 3.63) is 105 Å². The van der Waals surface area contributed by atoms with Crippen LogP contribution in [0.2, 0.25) is 0 Å². The summed E-state index contributed by atoms with van der Waals surface area (Å²) in [6.07, 6.45) is 0. The number of benzene rings is 3. The molecular formula is C30H28BrN5O4S. The van der Waals surface area contributed by atoms with Gasteiger partial charge in [-0.2, -0.15) is 4.98 Å². The van der Waals surface area contributed by atoms with E-state index in [0.717, 1.165) is 21.3 Å². The molecule has 0 saturated heterocycles. The number of hydrogen-bond donors (Lipinski definition) is 2. The maximum absolute atomic E-state index is 13.7. The van der Waals surface area contributed by atoms with Crippen LogP contribution >= 0.6 is 27.7 Å². The number of aromatic nitrogens is 3. The third-order valence-electron chi connectivity index (χ3n) is 6.42. The quantitative estimate of drug-likeness (QED) is 0.160. The molecule has 1 atom stereocenters. The molecule has 0 fully saturated rings. The highest BCUT2D eigenvalue weighted by Crippen LogP contribution is 2.37. The number of carbonyl (C=O) groups is 2. The first kappa shape index (κ1) is 28.4. The molecule has 5 rings (SSSR count). The van der Waals surface area contributed by atoms with Gasteiger partial charge in [0, 0.05) is 21.6 Å². The molecule has 1 aliphatic heterocycles. The van der Waals surface area contributed by atoms with E-state index in [-0.39, 0.29) is 5.91 Å². The van der Waals surface area contributed by atoms with Crippen LogP contribution in [0.1, 0.15) is 41.4 Å². The Morgan fingerprint density at radius 3 is 2.56 bits per heavy atom. The van der Waals surface area contributed by atoms with Gasteiger partial charge in [-0.1, -0.05) is 52.0 Å². The Kier molecular flexibility index (Phi) is 8.75. The predicted octanol–water partition coefficient (Wildman–Crippen LogP) is 6.45. The standard InChI is InChI=1S/C30H28BrN5O4S/c1-4-40-28(38)21-10-14-23(15-11-21)33-27(37)25-18(2)32-29-34-30(41-17-19-6-5-7-24(16-19)39-3)35-36(29)26(25)20-8-12-22(31)13-9-20/h5-16,26H,4,17H2,1-3H3,(H,33,37)(H,32,34,35)/t26-/m1/s1. The molecule has 1 amide bonds. The minimum absolute atomic E-state index is 0.292. The normalized spacial score (nSPS) is 14.2. The number of fused-ring (bicyclic) bond motifs is 1. The fourth-order valence-electron chi connectivity index (χ4n) is 4.45. The number of anilines is 2. The molecule has 0 unspecified atom stereocenters. The summed E-state index contributed by atoms with van der Waals surface area (Å²) in [6, 6.07) is 21.8. The summed E-state index contributed by atoms with van der Waals surface area (Å²) in [5.74, 6) is 1.31. The topological polar surface area (TPSA) is 107 Å². The Morgan fingerprint density at radius 1 is 1.10 bits per heavy atom. The molecule has 0 aliphatic carbocycles. The zero-order valence-corrected chi connectivity index (χ0v) is 25.1. The minimum Gasteiger partial charge on any atom is -0.497 e. The third-order valence-corrected chi connectivity index (χ3v) is 7.86. The number of nitrogens with one attached hydrogen (secondary N) is 2. The number of allylic oxidation sites excluding steroid dienone is 1. The second-order valence-electron chi connectivity index (χ2n) is 9.17. The summed E-state index contributed by atoms with van der Waals surface area (Å²) in [7, 11) is 1.65. The summed E-state index contributed by atoms with van der Waals surface area (Å²) < 4.78 is 13.1. The molecule has 11 heteroatoms. The van der Waals surface area contributed by atoms with Gasteiger partial charge in [0.25, 0.3) is 5.91 Å². The van der Waals surface area contributed by atoms with Crippen molar-refractivity contribution >= 4 is 51.2 Å². The van der Waals surface area contributed by atoms with Crippen LogP contribution in [0.25, 0.3) is 0 Å². The van der Waals surface area contributed by atoms with Crippen LogP contribution < -0.4 is 15.4 Å². The number of methoxy groups -OCH3 is 1. The van der Waals surface area contributed by atoms with E-state index in [2.05, 4.69) is 26.6 Å². The van der Waals surface area contributed by atoms with E-state index >= 15 is 0 Å². The molecule has 1 aliphatic rings. The first-order valence-corrected chi connectivity index (χ1v) is 14.7. The van der Waals surface area contributed by atoms with Gasteiger partial charge in [0.05, 0.1) is 24.9 Å². The molecule has 0 bridgehead atoms. The number of hydrogen-bond acceptors (Lipinski definition) is 8. The van der Waals surface area contributed by atoms with Gasteiger partial charge in [0.2, 0.25) is 11.1 Å². The van der Waals surface area contributed by atoms with Crippen molar-refractivity contribution in [1.82, 2.24) is 14.8 Å². The minimum atomic E-state index is -0.517. The average molecular weight is 635 g/mol. The number of nitrogens with zero attached hydrogens (tertiary/aromatic N) is 3. The summed E-state index contributed by atoms with van der Waals surface area (Å²) in [5.41, 5.74) is 4.11. The van der Waals surface area contributed by atoms with E-state index in [1.165, 1.54) is 11.8 Å². The lowest BCUT2D eigenvalue weighted by Crippen LogP contribution is -2.31. The maximum atomic E-state index is 13.7. The van der Waals surface area contributed by atoms with E-state index in [9.17, 15) is 9.59 Å². The monoisotopic (exact) mass is 633 g/mol. The SMILES string of the molecule is CCOC(=O)c1ccc(NC(=O)C2=C(C)Nc3nc(SCc4cccc(OC)c4)nn3[C@@H]2c2ccc(Br)cc2)cc1. The summed E-state index contributed by atoms with van der Waals surface area (Å²) >= 11 is 5.00. The highest BCUT2D eigenvalue weighted by Gasteiger charge is 2.34. The van der Waals surface area contributed by atoms with E-state index in [4.69, 9.17) is 19.6 Å². The number of esters is 1. The zero-order chi connectivity index (χ0) is 28.9. The van der Waals surface area contributed by atoms with E-state index in [1.54, 1.807) is 43.0 Å². The van der Waals surface area contributed by atoms with Crippen LogP contribution in [-0.2, 0) is 15.3 Å². The van der Waals surface area contributed by atoms with E-state index in [1.807, 2.05) is 55.5 Å². The van der Waals surface area contributed by atoms with Crippen molar-refractivity contribution in [1.29, 1.82) is 0 Å². The first-order valence-electron chi connectivity index (χ1n) is 12.9. The fraction of sp³-hybridized carbons (Fsp3) is 0.200. The Balaban J connectivity index is 1.42. The van der Waals surface area contributed by atoms with E-state index < -0.39 is 12.0 Å². The molecule has 2 N–H and O–H groups in total. The molecule has 3 aromatic carbocycles. The van der Waals surface area contributed by atoms with Crippen LogP contribution in [0.5, 0.6) is 5.75 Å². The molecule has 4 aromatic rings. The number of halogens is 1. The van der Waals surface area contributed by atoms with Crippen LogP contribution in [0, 0.1) is 0 Å².